The molecule has 0 radical (unpaired) electrons. The Kier molecular flexibility index (Phi) is 4.21. The van der Waals surface area contributed by atoms with Crippen LogP contribution in [0.1, 0.15) is 17.3 Å². The number of nitrogens with two attached hydrogens (primary N) is 1. The lowest BCUT2D eigenvalue weighted by Gasteiger charge is -2.19. The van der Waals surface area contributed by atoms with Gasteiger partial charge in [-0.2, -0.15) is 0 Å². The van der Waals surface area contributed by atoms with Crippen molar-refractivity contribution in [2.75, 3.05) is 19.0 Å². The monoisotopic (exact) mass is 224 g/mol. The zero-order valence-corrected chi connectivity index (χ0v) is 9.34. The number of nitrogens with zero attached hydrogens (tertiary/aromatic N) is 2. The lowest BCUT2D eigenvalue weighted by atomic mass is 10.2. The number of carbonyl (C=O) groups is 1. The number of nitrogens with one attached hydrogen (secondary N) is 1. The fourth-order valence-electron chi connectivity index (χ4n) is 1.38. The summed E-state index contributed by atoms with van der Waals surface area (Å²) >= 11 is 0. The minimum atomic E-state index is -0.565. The van der Waals surface area contributed by atoms with Gasteiger partial charge in [0.2, 0.25) is 0 Å². The van der Waals surface area contributed by atoms with Crippen molar-refractivity contribution in [2.24, 2.45) is 5.84 Å². The van der Waals surface area contributed by atoms with Crippen LogP contribution >= 0.6 is 0 Å². The van der Waals surface area contributed by atoms with E-state index in [-0.39, 0.29) is 12.5 Å². The number of carbonyl (C=O) groups excluding carboxylic acids is 1. The molecule has 0 aliphatic heterocycles. The van der Waals surface area contributed by atoms with Crippen molar-refractivity contribution in [2.45, 2.75) is 13.0 Å². The number of amides is 1. The molecular weight excluding hydrogens is 208 g/mol. The van der Waals surface area contributed by atoms with Crippen LogP contribution in [0.15, 0.2) is 18.5 Å². The molecule has 1 atom stereocenters. The lowest BCUT2D eigenvalue weighted by Crippen LogP contribution is -2.33. The van der Waals surface area contributed by atoms with Crippen molar-refractivity contribution in [1.82, 2.24) is 9.88 Å². The van der Waals surface area contributed by atoms with Crippen LogP contribution in [0.4, 0.5) is 5.69 Å². The Balaban J connectivity index is 2.87. The van der Waals surface area contributed by atoms with Crippen LogP contribution in [0.5, 0.6) is 0 Å². The highest BCUT2D eigenvalue weighted by Crippen LogP contribution is 2.13. The number of aliphatic hydroxyl groups excluding tert-OH is 1. The number of pyridine rings is 1. The van der Waals surface area contributed by atoms with Crippen molar-refractivity contribution in [3.63, 3.8) is 0 Å². The van der Waals surface area contributed by atoms with Crippen molar-refractivity contribution in [3.8, 4) is 0 Å². The third-order valence-electron chi connectivity index (χ3n) is 2.09. The van der Waals surface area contributed by atoms with Gasteiger partial charge < -0.3 is 15.4 Å². The second-order valence-corrected chi connectivity index (χ2v) is 3.60. The molecule has 1 amide bonds. The summed E-state index contributed by atoms with van der Waals surface area (Å²) < 4.78 is 0. The second kappa shape index (κ2) is 5.43. The van der Waals surface area contributed by atoms with E-state index < -0.39 is 6.10 Å². The Morgan fingerprint density at radius 3 is 3.00 bits per heavy atom. The van der Waals surface area contributed by atoms with Crippen molar-refractivity contribution in [1.29, 1.82) is 0 Å². The maximum absolute atomic E-state index is 12.0. The number of hydrogen-bond donors (Lipinski definition) is 3. The molecule has 0 aromatic carbocycles. The molecule has 0 aliphatic carbocycles. The zero-order valence-electron chi connectivity index (χ0n) is 9.34. The first-order valence-corrected chi connectivity index (χ1v) is 4.90. The van der Waals surface area contributed by atoms with Gasteiger partial charge in [-0.3, -0.25) is 15.6 Å². The van der Waals surface area contributed by atoms with Crippen molar-refractivity contribution < 1.29 is 9.90 Å². The summed E-state index contributed by atoms with van der Waals surface area (Å²) in [7, 11) is 1.62. The van der Waals surface area contributed by atoms with E-state index in [1.54, 1.807) is 20.0 Å². The van der Waals surface area contributed by atoms with E-state index in [1.807, 2.05) is 0 Å². The number of anilines is 1. The van der Waals surface area contributed by atoms with Gasteiger partial charge in [0.05, 0.1) is 23.6 Å². The molecule has 0 spiro atoms. The summed E-state index contributed by atoms with van der Waals surface area (Å²) in [6.45, 7) is 1.89. The van der Waals surface area contributed by atoms with E-state index in [1.165, 1.54) is 17.3 Å². The van der Waals surface area contributed by atoms with Gasteiger partial charge >= 0.3 is 0 Å². The highest BCUT2D eigenvalue weighted by Gasteiger charge is 2.16. The molecule has 1 aromatic rings. The molecule has 4 N–H and O–H groups in total. The first kappa shape index (κ1) is 12.4. The smallest absolute Gasteiger partial charge is 0.255 e. The topological polar surface area (TPSA) is 91.5 Å². The predicted molar refractivity (Wildman–Crippen MR) is 60.7 cm³/mol. The number of likely N-dealkylation sites (N-methyl/N-ethyl adjacent to an activating group) is 1. The molecule has 6 heteroatoms. The number of hydrogen-bond acceptors (Lipinski definition) is 5. The van der Waals surface area contributed by atoms with E-state index in [0.717, 1.165) is 0 Å². The van der Waals surface area contributed by atoms with Crippen LogP contribution in [0.3, 0.4) is 0 Å². The van der Waals surface area contributed by atoms with Gasteiger partial charge in [-0.05, 0) is 13.0 Å². The Bertz CT molecular complexity index is 368. The summed E-state index contributed by atoms with van der Waals surface area (Å²) in [6, 6.07) is 1.58. The molecule has 1 aromatic heterocycles. The summed E-state index contributed by atoms with van der Waals surface area (Å²) in [5.41, 5.74) is 3.31. The number of nitrogen functional groups attached to an aromatic ring is 1. The van der Waals surface area contributed by atoms with Gasteiger partial charge in [-0.1, -0.05) is 0 Å². The average molecular weight is 224 g/mol. The predicted octanol–water partition coefficient (Wildman–Crippen LogP) is -0.180. The Morgan fingerprint density at radius 2 is 2.44 bits per heavy atom. The highest BCUT2D eigenvalue weighted by atomic mass is 16.3. The van der Waals surface area contributed by atoms with Gasteiger partial charge in [0.25, 0.3) is 5.91 Å². The van der Waals surface area contributed by atoms with Gasteiger partial charge in [0.15, 0.2) is 0 Å². The van der Waals surface area contributed by atoms with Gasteiger partial charge in [-0.15, -0.1) is 0 Å². The maximum Gasteiger partial charge on any atom is 0.255 e. The second-order valence-electron chi connectivity index (χ2n) is 3.60. The third kappa shape index (κ3) is 2.91. The first-order chi connectivity index (χ1) is 7.56. The van der Waals surface area contributed by atoms with E-state index >= 15 is 0 Å². The highest BCUT2D eigenvalue weighted by molar-refractivity contribution is 5.99. The number of aliphatic hydroxyl groups is 1. The fourth-order valence-corrected chi connectivity index (χ4v) is 1.38. The fraction of sp³-hybridized carbons (Fsp3) is 0.400. The molecule has 6 nitrogen and oxygen atoms in total. The van der Waals surface area contributed by atoms with Gasteiger partial charge in [0, 0.05) is 19.8 Å². The molecule has 0 fully saturated rings. The largest absolute Gasteiger partial charge is 0.392 e. The number of rotatable bonds is 4. The van der Waals surface area contributed by atoms with Gasteiger partial charge in [-0.25, -0.2) is 0 Å². The summed E-state index contributed by atoms with van der Waals surface area (Å²) in [5.74, 6) is 5.07. The normalized spacial score (nSPS) is 12.0. The zero-order chi connectivity index (χ0) is 12.1. The van der Waals surface area contributed by atoms with E-state index in [9.17, 15) is 9.90 Å². The number of aromatic nitrogens is 1. The molecule has 0 saturated carbocycles. The van der Waals surface area contributed by atoms with E-state index in [4.69, 9.17) is 5.84 Å². The molecule has 88 valence electrons. The summed E-state index contributed by atoms with van der Waals surface area (Å²) in [5, 5.41) is 9.20. The molecule has 16 heavy (non-hydrogen) atoms. The minimum absolute atomic E-state index is 0.212. The van der Waals surface area contributed by atoms with Crippen LogP contribution in [0.25, 0.3) is 0 Å². The van der Waals surface area contributed by atoms with E-state index in [2.05, 4.69) is 10.4 Å². The Morgan fingerprint density at radius 1 is 1.75 bits per heavy atom. The lowest BCUT2D eigenvalue weighted by molar-refractivity contribution is 0.0704. The van der Waals surface area contributed by atoms with Crippen LogP contribution in [-0.2, 0) is 0 Å². The van der Waals surface area contributed by atoms with E-state index in [0.29, 0.717) is 11.3 Å². The molecule has 1 heterocycles. The minimum Gasteiger partial charge on any atom is -0.392 e. The molecule has 0 bridgehead atoms. The Hall–Kier alpha value is -1.66. The van der Waals surface area contributed by atoms with Crippen LogP contribution in [0, 0.1) is 0 Å². The van der Waals surface area contributed by atoms with Gasteiger partial charge in [0.1, 0.15) is 0 Å². The van der Waals surface area contributed by atoms with Crippen molar-refractivity contribution in [3.05, 3.63) is 24.0 Å². The maximum atomic E-state index is 12.0. The van der Waals surface area contributed by atoms with Crippen molar-refractivity contribution >= 4 is 11.6 Å². The average Bonchev–Trinajstić information content (AvgIpc) is 2.27. The number of hydrazine groups is 1. The Labute approximate surface area is 94.1 Å². The molecule has 1 unspecified atom stereocenters. The molecule has 0 aliphatic rings. The molecule has 1 rings (SSSR count). The SMILES string of the molecule is CC(O)CN(C)C(=O)c1ccncc1NN. The third-order valence-corrected chi connectivity index (χ3v) is 2.09. The van der Waals surface area contributed by atoms with Crippen LogP contribution < -0.4 is 11.3 Å². The summed E-state index contributed by atoms with van der Waals surface area (Å²) in [4.78, 5) is 17.2. The standard InChI is InChI=1S/C10H16N4O2/c1-7(15)6-14(2)10(16)8-3-4-12-5-9(8)13-11/h3-5,7,13,15H,6,11H2,1-2H3. The summed E-state index contributed by atoms with van der Waals surface area (Å²) in [6.07, 6.45) is 2.43. The molecule has 0 saturated heterocycles. The quantitative estimate of drug-likeness (QED) is 0.487. The first-order valence-electron chi connectivity index (χ1n) is 4.90. The molecular formula is C10H16N4O2. The van der Waals surface area contributed by atoms with Crippen LogP contribution in [0.2, 0.25) is 0 Å². The van der Waals surface area contributed by atoms with Crippen LogP contribution in [-0.4, -0.2) is 40.6 Å².